The summed E-state index contributed by atoms with van der Waals surface area (Å²) in [6.07, 6.45) is -0.351. The average Bonchev–Trinajstić information content (AvgIpc) is 2.77. The van der Waals surface area contributed by atoms with Crippen molar-refractivity contribution < 1.29 is 67.9 Å². The normalized spacial score (nSPS) is 10.4. The zero-order valence-corrected chi connectivity index (χ0v) is 23.1. The molecule has 0 atom stereocenters. The van der Waals surface area contributed by atoms with Crippen LogP contribution in [0.1, 0.15) is 38.1 Å². The van der Waals surface area contributed by atoms with Gasteiger partial charge < -0.3 is 38.3 Å². The monoisotopic (exact) mass is 508 g/mol. The number of aromatic nitrogens is 4. The minimum atomic E-state index is -1.57. The number of ether oxygens (including phenoxy) is 6. The predicted molar refractivity (Wildman–Crippen MR) is 120 cm³/mol. The molecule has 0 unspecified atom stereocenters. The van der Waals surface area contributed by atoms with E-state index in [0.717, 1.165) is 0 Å². The van der Waals surface area contributed by atoms with Crippen LogP contribution in [0.25, 0.3) is 0 Å². The van der Waals surface area contributed by atoms with Crippen molar-refractivity contribution in [1.82, 2.24) is 19.9 Å². The molecule has 0 aliphatic heterocycles. The van der Waals surface area contributed by atoms with Gasteiger partial charge in [-0.05, 0) is 39.8 Å². The molecule has 0 spiro atoms. The van der Waals surface area contributed by atoms with E-state index in [4.69, 9.17) is 28.4 Å². The number of carbonyl (C=O) groups is 1. The third kappa shape index (κ3) is 7.83. The minimum Gasteiger partial charge on any atom is -0.545 e. The van der Waals surface area contributed by atoms with E-state index < -0.39 is 11.5 Å². The Labute approximate surface area is 230 Å². The smallest absolute Gasteiger partial charge is 0.545 e. The van der Waals surface area contributed by atoms with Crippen LogP contribution in [-0.2, 0) is 0 Å². The number of nitrogens with zero attached hydrogens (tertiary/aromatic N) is 4. The van der Waals surface area contributed by atoms with Crippen molar-refractivity contribution in [2.45, 2.75) is 39.9 Å². The number of methoxy groups -OCH3 is 2. The van der Waals surface area contributed by atoms with E-state index >= 15 is 0 Å². The van der Waals surface area contributed by atoms with Crippen LogP contribution in [-0.4, -0.2) is 52.3 Å². The van der Waals surface area contributed by atoms with Crippen LogP contribution in [0.15, 0.2) is 30.3 Å². The standard InChI is InChI=1S/C23H26N4O8.Na/c1-12(2)32-18-10-16(30-5)24-22(26-18)34-14-8-7-9-15(20(14)21(28)29)35-23-25-17(31-6)11-19(27-23)33-13(3)4;/h7-13H,1-6H3,(H,28,29);/q;+1/p-1. The molecule has 2 heterocycles. The number of benzene rings is 1. The number of rotatable bonds is 11. The molecule has 3 aromatic rings. The first-order valence-electron chi connectivity index (χ1n) is 10.6. The average molecular weight is 508 g/mol. The molecule has 0 saturated carbocycles. The second kappa shape index (κ2) is 13.1. The summed E-state index contributed by atoms with van der Waals surface area (Å²) in [5.41, 5.74) is -0.414. The molecule has 0 aliphatic carbocycles. The summed E-state index contributed by atoms with van der Waals surface area (Å²) in [6, 6.07) is 6.84. The largest absolute Gasteiger partial charge is 1.00 e. The Hall–Kier alpha value is -3.35. The summed E-state index contributed by atoms with van der Waals surface area (Å²) < 4.78 is 32.8. The van der Waals surface area contributed by atoms with Gasteiger partial charge in [0.25, 0.3) is 0 Å². The molecule has 1 aromatic carbocycles. The summed E-state index contributed by atoms with van der Waals surface area (Å²) in [5, 5.41) is 12.0. The Morgan fingerprint density at radius 2 is 1.14 bits per heavy atom. The number of carbonyl (C=O) groups excluding carboxylic acids is 1. The molecule has 0 aliphatic rings. The molecule has 0 bridgehead atoms. The van der Waals surface area contributed by atoms with E-state index in [-0.39, 0.29) is 88.8 Å². The third-order valence-electron chi connectivity index (χ3n) is 4.04. The van der Waals surface area contributed by atoms with Crippen molar-refractivity contribution in [2.24, 2.45) is 0 Å². The van der Waals surface area contributed by atoms with Crippen molar-refractivity contribution in [3.63, 3.8) is 0 Å². The minimum absolute atomic E-state index is 0. The van der Waals surface area contributed by atoms with Gasteiger partial charge in [0.1, 0.15) is 11.5 Å². The fourth-order valence-corrected chi connectivity index (χ4v) is 2.75. The van der Waals surface area contributed by atoms with Gasteiger partial charge in [0.2, 0.25) is 23.5 Å². The Morgan fingerprint density at radius 3 is 1.47 bits per heavy atom. The summed E-state index contributed by atoms with van der Waals surface area (Å²) in [4.78, 5) is 28.5. The van der Waals surface area contributed by atoms with Crippen molar-refractivity contribution >= 4 is 5.97 Å². The Kier molecular flexibility index (Phi) is 10.5. The zero-order chi connectivity index (χ0) is 25.5. The van der Waals surface area contributed by atoms with Crippen molar-refractivity contribution in [3.8, 4) is 47.0 Å². The van der Waals surface area contributed by atoms with Gasteiger partial charge in [0, 0.05) is 0 Å². The van der Waals surface area contributed by atoms with Gasteiger partial charge in [-0.3, -0.25) is 0 Å². The van der Waals surface area contributed by atoms with Crippen LogP contribution in [0.3, 0.4) is 0 Å². The van der Waals surface area contributed by atoms with E-state index in [2.05, 4.69) is 19.9 Å². The van der Waals surface area contributed by atoms with Crippen LogP contribution < -0.4 is 63.1 Å². The number of carboxylic acids is 1. The van der Waals surface area contributed by atoms with Gasteiger partial charge in [-0.25, -0.2) is 0 Å². The van der Waals surface area contributed by atoms with Crippen LogP contribution in [0.5, 0.6) is 47.0 Å². The van der Waals surface area contributed by atoms with Gasteiger partial charge >= 0.3 is 41.6 Å². The molecular formula is C23H25N4NaO8. The van der Waals surface area contributed by atoms with Gasteiger partial charge in [0.15, 0.2) is 0 Å². The maximum atomic E-state index is 12.0. The molecule has 0 saturated heterocycles. The topological polar surface area (TPSA) is 147 Å². The van der Waals surface area contributed by atoms with E-state index in [0.29, 0.717) is 0 Å². The molecule has 13 heteroatoms. The van der Waals surface area contributed by atoms with Crippen molar-refractivity contribution in [2.75, 3.05) is 14.2 Å². The van der Waals surface area contributed by atoms with Gasteiger partial charge in [-0.2, -0.15) is 19.9 Å². The summed E-state index contributed by atoms with van der Waals surface area (Å²) in [7, 11) is 2.83. The second-order valence-electron chi connectivity index (χ2n) is 7.52. The van der Waals surface area contributed by atoms with Gasteiger partial charge in [0.05, 0.1) is 50.1 Å². The fourth-order valence-electron chi connectivity index (χ4n) is 2.75. The van der Waals surface area contributed by atoms with Crippen molar-refractivity contribution in [1.29, 1.82) is 0 Å². The second-order valence-corrected chi connectivity index (χ2v) is 7.52. The summed E-state index contributed by atoms with van der Waals surface area (Å²) in [6.45, 7) is 7.29. The molecule has 0 fully saturated rings. The first-order valence-corrected chi connectivity index (χ1v) is 10.6. The fraction of sp³-hybridized carbons (Fsp3) is 0.348. The molecule has 12 nitrogen and oxygen atoms in total. The van der Waals surface area contributed by atoms with Crippen LogP contribution in [0, 0.1) is 0 Å². The first kappa shape index (κ1) is 28.9. The number of hydrogen-bond donors (Lipinski definition) is 0. The predicted octanol–water partition coefficient (Wildman–Crippen LogP) is -0.190. The molecule has 36 heavy (non-hydrogen) atoms. The SMILES string of the molecule is COc1cc(OC(C)C)nc(Oc2cccc(Oc3nc(OC)cc(OC(C)C)n3)c2C(=O)[O-])n1.[Na+]. The maximum absolute atomic E-state index is 12.0. The van der Waals surface area contributed by atoms with Gasteiger partial charge in [-0.1, -0.05) is 6.07 Å². The maximum Gasteiger partial charge on any atom is 1.00 e. The van der Waals surface area contributed by atoms with Crippen molar-refractivity contribution in [3.05, 3.63) is 35.9 Å². The van der Waals surface area contributed by atoms with E-state index in [1.54, 1.807) is 0 Å². The third-order valence-corrected chi connectivity index (χ3v) is 4.04. The van der Waals surface area contributed by atoms with Crippen LogP contribution in [0.2, 0.25) is 0 Å². The molecule has 0 amide bonds. The van der Waals surface area contributed by atoms with E-state index in [1.165, 1.54) is 44.6 Å². The van der Waals surface area contributed by atoms with E-state index in [9.17, 15) is 9.90 Å². The van der Waals surface area contributed by atoms with Crippen LogP contribution in [0.4, 0.5) is 0 Å². The molecule has 2 aromatic heterocycles. The Morgan fingerprint density at radius 1 is 0.750 bits per heavy atom. The summed E-state index contributed by atoms with van der Waals surface area (Å²) >= 11 is 0. The first-order chi connectivity index (χ1) is 16.7. The zero-order valence-electron chi connectivity index (χ0n) is 21.1. The molecule has 0 N–H and O–H groups in total. The van der Waals surface area contributed by atoms with Gasteiger partial charge in [-0.15, -0.1) is 0 Å². The Balaban J connectivity index is 0.00000456. The number of hydrogen-bond acceptors (Lipinski definition) is 12. The van der Waals surface area contributed by atoms with E-state index in [1.807, 2.05) is 27.7 Å². The summed E-state index contributed by atoms with van der Waals surface area (Å²) in [5.74, 6) is -1.16. The molecule has 3 rings (SSSR count). The quantitative estimate of drug-likeness (QED) is 0.316. The molecular weight excluding hydrogens is 483 g/mol. The van der Waals surface area contributed by atoms with Crippen LogP contribution >= 0.6 is 0 Å². The Bertz CT molecular complexity index is 1110. The number of aromatic carboxylic acids is 1. The molecule has 0 radical (unpaired) electrons. The molecule has 186 valence electrons. The number of carboxylic acid groups (broad SMARTS) is 1.